The predicted octanol–water partition coefficient (Wildman–Crippen LogP) is 4.03. The van der Waals surface area contributed by atoms with E-state index in [2.05, 4.69) is 19.2 Å². The van der Waals surface area contributed by atoms with E-state index in [1.165, 1.54) is 6.07 Å². The number of methoxy groups -OCH3 is 1. The first-order valence-electron chi connectivity index (χ1n) is 6.44. The number of benzene rings is 1. The molecule has 0 aliphatic heterocycles. The highest BCUT2D eigenvalue weighted by Gasteiger charge is 2.19. The fourth-order valence-electron chi connectivity index (χ4n) is 1.80. The van der Waals surface area contributed by atoms with Crippen LogP contribution in [-0.4, -0.2) is 25.2 Å². The maximum atomic E-state index is 10.8. The van der Waals surface area contributed by atoms with Crippen molar-refractivity contribution in [3.63, 3.8) is 0 Å². The zero-order valence-corrected chi connectivity index (χ0v) is 13.1. The van der Waals surface area contributed by atoms with E-state index in [0.717, 1.165) is 12.1 Å². The van der Waals surface area contributed by atoms with Crippen LogP contribution in [0.4, 0.5) is 11.4 Å². The first-order chi connectivity index (χ1) is 9.26. The summed E-state index contributed by atoms with van der Waals surface area (Å²) in [7, 11) is 1.68. The summed E-state index contributed by atoms with van der Waals surface area (Å²) in [5, 5.41) is 14.5. The molecule has 0 aromatic heterocycles. The second-order valence-corrected chi connectivity index (χ2v) is 6.04. The lowest BCUT2D eigenvalue weighted by Crippen LogP contribution is -2.24. The molecule has 1 rings (SSSR count). The van der Waals surface area contributed by atoms with Gasteiger partial charge < -0.3 is 10.1 Å². The van der Waals surface area contributed by atoms with Crippen molar-refractivity contribution in [3.8, 4) is 0 Å². The average Bonchev–Trinajstić information content (AvgIpc) is 2.36. The van der Waals surface area contributed by atoms with E-state index >= 15 is 0 Å². The molecule has 0 aliphatic rings. The zero-order valence-electron chi connectivity index (χ0n) is 12.3. The van der Waals surface area contributed by atoms with E-state index in [9.17, 15) is 10.1 Å². The smallest absolute Gasteiger partial charge is 0.273 e. The summed E-state index contributed by atoms with van der Waals surface area (Å²) >= 11 is 6.09. The molecular formula is C14H21ClN2O3. The Morgan fingerprint density at radius 1 is 1.45 bits per heavy atom. The Morgan fingerprint density at radius 3 is 2.65 bits per heavy atom. The van der Waals surface area contributed by atoms with Crippen molar-refractivity contribution in [1.82, 2.24) is 0 Å². The van der Waals surface area contributed by atoms with Crippen molar-refractivity contribution in [3.05, 3.63) is 32.8 Å². The molecule has 0 unspecified atom stereocenters. The molecule has 5 nitrogen and oxygen atoms in total. The number of nitrogens with zero attached hydrogens (tertiary/aromatic N) is 1. The third-order valence-corrected chi connectivity index (χ3v) is 3.54. The lowest BCUT2D eigenvalue weighted by molar-refractivity contribution is -0.385. The van der Waals surface area contributed by atoms with Crippen molar-refractivity contribution in [2.24, 2.45) is 5.41 Å². The van der Waals surface area contributed by atoms with Crippen LogP contribution in [0.1, 0.15) is 25.8 Å². The van der Waals surface area contributed by atoms with E-state index in [-0.39, 0.29) is 11.1 Å². The topological polar surface area (TPSA) is 64.4 Å². The quantitative estimate of drug-likeness (QED) is 0.610. The molecule has 0 fully saturated rings. The Labute approximate surface area is 124 Å². The summed E-state index contributed by atoms with van der Waals surface area (Å²) < 4.78 is 5.09. The lowest BCUT2D eigenvalue weighted by Gasteiger charge is -2.25. The van der Waals surface area contributed by atoms with E-state index < -0.39 is 4.92 Å². The van der Waals surface area contributed by atoms with Gasteiger partial charge in [0.25, 0.3) is 5.69 Å². The van der Waals surface area contributed by atoms with Gasteiger partial charge in [0.15, 0.2) is 0 Å². The van der Waals surface area contributed by atoms with E-state index in [1.807, 2.05) is 0 Å². The largest absolute Gasteiger partial charge is 0.385 e. The van der Waals surface area contributed by atoms with Crippen LogP contribution in [-0.2, 0) is 4.74 Å². The van der Waals surface area contributed by atoms with Gasteiger partial charge in [-0.2, -0.15) is 0 Å². The van der Waals surface area contributed by atoms with E-state index in [4.69, 9.17) is 16.3 Å². The number of hydrogen-bond acceptors (Lipinski definition) is 4. The number of nitro benzene ring substituents is 1. The summed E-state index contributed by atoms with van der Waals surface area (Å²) in [5.74, 6) is 0. The van der Waals surface area contributed by atoms with Crippen molar-refractivity contribution in [2.75, 3.05) is 25.6 Å². The van der Waals surface area contributed by atoms with Gasteiger partial charge in [-0.3, -0.25) is 10.1 Å². The lowest BCUT2D eigenvalue weighted by atomic mass is 9.89. The predicted molar refractivity (Wildman–Crippen MR) is 81.6 cm³/mol. The minimum atomic E-state index is -0.423. The second-order valence-electron chi connectivity index (χ2n) is 5.64. The van der Waals surface area contributed by atoms with Crippen molar-refractivity contribution in [2.45, 2.75) is 27.2 Å². The molecule has 0 atom stereocenters. The number of aryl methyl sites for hydroxylation is 1. The van der Waals surface area contributed by atoms with Gasteiger partial charge in [0.05, 0.1) is 15.6 Å². The van der Waals surface area contributed by atoms with E-state index in [0.29, 0.717) is 23.7 Å². The molecule has 20 heavy (non-hydrogen) atoms. The molecule has 112 valence electrons. The van der Waals surface area contributed by atoms with Crippen LogP contribution in [0.2, 0.25) is 5.02 Å². The van der Waals surface area contributed by atoms with Gasteiger partial charge >= 0.3 is 0 Å². The van der Waals surface area contributed by atoms with Crippen molar-refractivity contribution < 1.29 is 9.66 Å². The number of rotatable bonds is 7. The third-order valence-electron chi connectivity index (χ3n) is 3.22. The molecule has 6 heteroatoms. The summed E-state index contributed by atoms with van der Waals surface area (Å²) in [4.78, 5) is 10.4. The van der Waals surface area contributed by atoms with Crippen LogP contribution < -0.4 is 5.32 Å². The molecule has 0 aliphatic carbocycles. The Bertz CT molecular complexity index is 490. The molecule has 0 saturated carbocycles. The Balaban J connectivity index is 2.79. The van der Waals surface area contributed by atoms with Gasteiger partial charge in [0.2, 0.25) is 0 Å². The fraction of sp³-hybridized carbons (Fsp3) is 0.571. The Morgan fingerprint density at radius 2 is 2.10 bits per heavy atom. The first-order valence-corrected chi connectivity index (χ1v) is 6.82. The van der Waals surface area contributed by atoms with Crippen LogP contribution >= 0.6 is 11.6 Å². The molecule has 1 aromatic carbocycles. The fourth-order valence-corrected chi connectivity index (χ4v) is 2.03. The SMILES string of the molecule is COCCC(C)(C)CNc1cc(C)c([N+](=O)[O-])cc1Cl. The molecule has 0 radical (unpaired) electrons. The highest BCUT2D eigenvalue weighted by atomic mass is 35.5. The first kappa shape index (κ1) is 16.7. The average molecular weight is 301 g/mol. The van der Waals surface area contributed by atoms with Gasteiger partial charge in [0.1, 0.15) is 0 Å². The maximum Gasteiger partial charge on any atom is 0.273 e. The summed E-state index contributed by atoms with van der Waals surface area (Å²) in [6, 6.07) is 3.11. The zero-order chi connectivity index (χ0) is 15.3. The number of anilines is 1. The van der Waals surface area contributed by atoms with Crippen molar-refractivity contribution in [1.29, 1.82) is 0 Å². The number of ether oxygens (including phenoxy) is 1. The summed E-state index contributed by atoms with van der Waals surface area (Å²) in [6.45, 7) is 7.38. The minimum Gasteiger partial charge on any atom is -0.385 e. The Hall–Kier alpha value is -1.33. The summed E-state index contributed by atoms with van der Waals surface area (Å²) in [5.41, 5.74) is 1.41. The van der Waals surface area contributed by atoms with Crippen LogP contribution in [0.3, 0.4) is 0 Å². The van der Waals surface area contributed by atoms with Crippen molar-refractivity contribution >= 4 is 23.0 Å². The van der Waals surface area contributed by atoms with Crippen LogP contribution in [0.25, 0.3) is 0 Å². The molecule has 0 bridgehead atoms. The highest BCUT2D eigenvalue weighted by Crippen LogP contribution is 2.31. The molecule has 0 spiro atoms. The molecule has 1 aromatic rings. The molecule has 0 saturated heterocycles. The second kappa shape index (κ2) is 6.90. The minimum absolute atomic E-state index is 0.0409. The normalized spacial score (nSPS) is 11.4. The van der Waals surface area contributed by atoms with Crippen LogP contribution in [0.15, 0.2) is 12.1 Å². The number of nitro groups is 1. The van der Waals surface area contributed by atoms with Gasteiger partial charge in [0, 0.05) is 31.9 Å². The van der Waals surface area contributed by atoms with Gasteiger partial charge in [-0.25, -0.2) is 0 Å². The monoisotopic (exact) mass is 300 g/mol. The number of halogens is 1. The van der Waals surface area contributed by atoms with Gasteiger partial charge in [-0.1, -0.05) is 25.4 Å². The number of hydrogen-bond donors (Lipinski definition) is 1. The maximum absolute atomic E-state index is 10.8. The Kier molecular flexibility index (Phi) is 5.77. The number of nitrogens with one attached hydrogen (secondary N) is 1. The highest BCUT2D eigenvalue weighted by molar-refractivity contribution is 6.33. The summed E-state index contributed by atoms with van der Waals surface area (Å²) in [6.07, 6.45) is 0.917. The van der Waals surface area contributed by atoms with E-state index in [1.54, 1.807) is 20.1 Å². The molecular weight excluding hydrogens is 280 g/mol. The van der Waals surface area contributed by atoms with Crippen LogP contribution in [0.5, 0.6) is 0 Å². The standard InChI is InChI=1S/C14H21ClN2O3/c1-10-7-12(11(15)8-13(10)17(18)19)16-9-14(2,3)5-6-20-4/h7-8,16H,5-6,9H2,1-4H3. The molecule has 0 heterocycles. The third kappa shape index (κ3) is 4.65. The molecule has 0 amide bonds. The van der Waals surface area contributed by atoms with Crippen LogP contribution in [0, 0.1) is 22.5 Å². The van der Waals surface area contributed by atoms with Gasteiger partial charge in [-0.15, -0.1) is 0 Å². The molecule has 1 N–H and O–H groups in total. The van der Waals surface area contributed by atoms with Gasteiger partial charge in [-0.05, 0) is 24.8 Å².